The lowest BCUT2D eigenvalue weighted by Crippen LogP contribution is -2.38. The summed E-state index contributed by atoms with van der Waals surface area (Å²) in [5.74, 6) is 0. The Labute approximate surface area is 68.3 Å². The van der Waals surface area contributed by atoms with Gasteiger partial charge in [-0.3, -0.25) is 0 Å². The highest BCUT2D eigenvalue weighted by atomic mass is 16.3. The van der Waals surface area contributed by atoms with Gasteiger partial charge in [0.25, 0.3) is 0 Å². The Morgan fingerprint density at radius 3 is 2.42 bits per heavy atom. The zero-order valence-electron chi connectivity index (χ0n) is 6.39. The summed E-state index contributed by atoms with van der Waals surface area (Å²) >= 11 is 0. The summed E-state index contributed by atoms with van der Waals surface area (Å²) in [6, 6.07) is -1.18. The van der Waals surface area contributed by atoms with E-state index in [2.05, 4.69) is 9.98 Å². The van der Waals surface area contributed by atoms with Crippen LogP contribution in [0.25, 0.3) is 0 Å². The average Bonchev–Trinajstić information content (AvgIpc) is 1.99. The summed E-state index contributed by atoms with van der Waals surface area (Å²) in [6.07, 6.45) is 2.25. The van der Waals surface area contributed by atoms with Crippen LogP contribution in [0.2, 0.25) is 0 Å². The highest BCUT2D eigenvalue weighted by Gasteiger charge is 2.30. The standard InChI is InChI=1S/C6H8N2O4/c1-6(12,8-4-11)5(2-9)7-3-10/h5,9,12H,2H2,1H3. The first-order valence-electron chi connectivity index (χ1n) is 3.07. The molecule has 2 N–H and O–H groups in total. The fraction of sp³-hybridized carbons (Fsp3) is 0.667. The lowest BCUT2D eigenvalue weighted by molar-refractivity contribution is 0.0223. The van der Waals surface area contributed by atoms with Crippen LogP contribution < -0.4 is 0 Å². The van der Waals surface area contributed by atoms with Gasteiger partial charge in [0.05, 0.1) is 6.61 Å². The van der Waals surface area contributed by atoms with E-state index in [-0.39, 0.29) is 0 Å². The van der Waals surface area contributed by atoms with E-state index in [9.17, 15) is 14.7 Å². The van der Waals surface area contributed by atoms with Gasteiger partial charge in [-0.15, -0.1) is 0 Å². The molecule has 0 aromatic heterocycles. The first-order chi connectivity index (χ1) is 5.58. The topological polar surface area (TPSA) is 99.3 Å². The van der Waals surface area contributed by atoms with Gasteiger partial charge in [0, 0.05) is 0 Å². The molecular formula is C6H8N2O4. The van der Waals surface area contributed by atoms with Gasteiger partial charge in [-0.2, -0.15) is 9.98 Å². The molecule has 0 spiro atoms. The van der Waals surface area contributed by atoms with E-state index < -0.39 is 18.4 Å². The maximum absolute atomic E-state index is 9.77. The molecule has 2 unspecified atom stereocenters. The number of nitrogens with zero attached hydrogens (tertiary/aromatic N) is 2. The minimum absolute atomic E-state index is 0.604. The van der Waals surface area contributed by atoms with Crippen LogP contribution in [0, 0.1) is 0 Å². The van der Waals surface area contributed by atoms with Crippen molar-refractivity contribution in [3.05, 3.63) is 0 Å². The molecule has 0 radical (unpaired) electrons. The van der Waals surface area contributed by atoms with Gasteiger partial charge in [0.1, 0.15) is 6.04 Å². The van der Waals surface area contributed by atoms with E-state index in [0.29, 0.717) is 0 Å². The van der Waals surface area contributed by atoms with Crippen molar-refractivity contribution in [3.8, 4) is 0 Å². The zero-order chi connectivity index (χ0) is 9.61. The summed E-state index contributed by atoms with van der Waals surface area (Å²) in [6.45, 7) is 0.521. The molecule has 0 aromatic carbocycles. The van der Waals surface area contributed by atoms with Crippen LogP contribution in [-0.2, 0) is 9.59 Å². The molecule has 0 saturated heterocycles. The van der Waals surface area contributed by atoms with Crippen LogP contribution in [0.15, 0.2) is 9.98 Å². The molecule has 66 valence electrons. The van der Waals surface area contributed by atoms with Crippen molar-refractivity contribution in [1.29, 1.82) is 0 Å². The molecule has 0 saturated carbocycles. The highest BCUT2D eigenvalue weighted by Crippen LogP contribution is 2.13. The third kappa shape index (κ3) is 2.74. The van der Waals surface area contributed by atoms with Gasteiger partial charge < -0.3 is 10.2 Å². The Balaban J connectivity index is 4.68. The van der Waals surface area contributed by atoms with Gasteiger partial charge >= 0.3 is 0 Å². The van der Waals surface area contributed by atoms with Crippen molar-refractivity contribution in [2.45, 2.75) is 18.7 Å². The Kier molecular flexibility index (Phi) is 4.04. The number of aliphatic hydroxyl groups excluding tert-OH is 1. The fourth-order valence-electron chi connectivity index (χ4n) is 0.567. The monoisotopic (exact) mass is 172 g/mol. The van der Waals surface area contributed by atoms with Gasteiger partial charge in [-0.1, -0.05) is 0 Å². The Hall–Kier alpha value is -1.32. The molecule has 0 amide bonds. The molecule has 0 aromatic rings. The third-order valence-electron chi connectivity index (χ3n) is 1.28. The maximum atomic E-state index is 9.77. The smallest absolute Gasteiger partial charge is 0.238 e. The van der Waals surface area contributed by atoms with Gasteiger partial charge in [0.2, 0.25) is 12.2 Å². The summed E-state index contributed by atoms with van der Waals surface area (Å²) in [7, 11) is 0. The summed E-state index contributed by atoms with van der Waals surface area (Å²) in [5, 5.41) is 17.8. The van der Waals surface area contributed by atoms with Crippen LogP contribution in [0.4, 0.5) is 0 Å². The van der Waals surface area contributed by atoms with E-state index in [1.54, 1.807) is 0 Å². The number of aliphatic imine (C=N–C) groups is 2. The third-order valence-corrected chi connectivity index (χ3v) is 1.28. The minimum Gasteiger partial charge on any atom is -0.394 e. The fourth-order valence-corrected chi connectivity index (χ4v) is 0.567. The quantitative estimate of drug-likeness (QED) is 0.407. The van der Waals surface area contributed by atoms with E-state index in [1.807, 2.05) is 0 Å². The SMILES string of the molecule is CC(O)(N=C=O)C(CO)N=C=O. The van der Waals surface area contributed by atoms with Gasteiger partial charge in [-0.05, 0) is 6.92 Å². The molecule has 12 heavy (non-hydrogen) atoms. The Morgan fingerprint density at radius 2 is 2.08 bits per heavy atom. The predicted octanol–water partition coefficient (Wildman–Crippen LogP) is -1.27. The molecule has 0 aliphatic rings. The average molecular weight is 172 g/mol. The molecule has 0 aliphatic heterocycles. The number of rotatable bonds is 4. The van der Waals surface area contributed by atoms with Crippen molar-refractivity contribution in [1.82, 2.24) is 0 Å². The second-order valence-electron chi connectivity index (χ2n) is 2.22. The number of carbonyl (C=O) groups excluding carboxylic acids is 2. The minimum atomic E-state index is -1.91. The first-order valence-corrected chi connectivity index (χ1v) is 3.07. The second-order valence-corrected chi connectivity index (χ2v) is 2.22. The van der Waals surface area contributed by atoms with Crippen molar-refractivity contribution in [2.24, 2.45) is 9.98 Å². The van der Waals surface area contributed by atoms with Crippen LogP contribution in [0.3, 0.4) is 0 Å². The summed E-state index contributed by atoms with van der Waals surface area (Å²) in [5.41, 5.74) is -1.91. The first kappa shape index (κ1) is 10.7. The number of hydrogen-bond acceptors (Lipinski definition) is 6. The van der Waals surface area contributed by atoms with E-state index in [1.165, 1.54) is 0 Å². The van der Waals surface area contributed by atoms with Gasteiger partial charge in [-0.25, -0.2) is 9.59 Å². The van der Waals surface area contributed by atoms with Crippen LogP contribution in [0.1, 0.15) is 6.92 Å². The van der Waals surface area contributed by atoms with Crippen LogP contribution in [0.5, 0.6) is 0 Å². The van der Waals surface area contributed by atoms with Crippen LogP contribution in [-0.4, -0.2) is 40.7 Å². The van der Waals surface area contributed by atoms with E-state index >= 15 is 0 Å². The van der Waals surface area contributed by atoms with Crippen molar-refractivity contribution >= 4 is 12.2 Å². The molecule has 0 fully saturated rings. The normalized spacial score (nSPS) is 16.6. The molecule has 2 atom stereocenters. The zero-order valence-corrected chi connectivity index (χ0v) is 6.39. The number of aliphatic hydroxyl groups is 2. The van der Waals surface area contributed by atoms with Crippen LogP contribution >= 0.6 is 0 Å². The molecule has 0 heterocycles. The van der Waals surface area contributed by atoms with Crippen molar-refractivity contribution in [2.75, 3.05) is 6.61 Å². The number of hydrogen-bond donors (Lipinski definition) is 2. The molecule has 6 heteroatoms. The molecule has 0 aliphatic carbocycles. The van der Waals surface area contributed by atoms with Crippen molar-refractivity contribution in [3.63, 3.8) is 0 Å². The molecule has 6 nitrogen and oxygen atoms in total. The molecule has 0 bridgehead atoms. The maximum Gasteiger partial charge on any atom is 0.238 e. The Bertz CT molecular complexity index is 238. The van der Waals surface area contributed by atoms with Crippen molar-refractivity contribution < 1.29 is 19.8 Å². The van der Waals surface area contributed by atoms with Gasteiger partial charge in [0.15, 0.2) is 5.72 Å². The van der Waals surface area contributed by atoms with E-state index in [0.717, 1.165) is 19.1 Å². The summed E-state index contributed by atoms with van der Waals surface area (Å²) in [4.78, 5) is 25.6. The number of isocyanates is 2. The molecular weight excluding hydrogens is 164 g/mol. The highest BCUT2D eigenvalue weighted by molar-refractivity contribution is 5.36. The largest absolute Gasteiger partial charge is 0.394 e. The second kappa shape index (κ2) is 4.54. The molecule has 0 rings (SSSR count). The lowest BCUT2D eigenvalue weighted by Gasteiger charge is -2.20. The summed E-state index contributed by atoms with van der Waals surface area (Å²) < 4.78 is 0. The van der Waals surface area contributed by atoms with E-state index in [4.69, 9.17) is 5.11 Å². The Morgan fingerprint density at radius 1 is 1.50 bits per heavy atom. The lowest BCUT2D eigenvalue weighted by atomic mass is 10.1. The predicted molar refractivity (Wildman–Crippen MR) is 37.7 cm³/mol.